The number of carbonyl (C=O) groups is 1. The lowest BCUT2D eigenvalue weighted by Crippen LogP contribution is -2.22. The monoisotopic (exact) mass is 426 g/mol. The molecule has 0 N–H and O–H groups in total. The molecule has 2 aromatic heterocycles. The van der Waals surface area contributed by atoms with Crippen molar-refractivity contribution in [3.63, 3.8) is 0 Å². The van der Waals surface area contributed by atoms with Gasteiger partial charge in [0.1, 0.15) is 5.58 Å². The van der Waals surface area contributed by atoms with Crippen LogP contribution in [0.1, 0.15) is 23.0 Å². The molecule has 7 heteroatoms. The van der Waals surface area contributed by atoms with Gasteiger partial charge in [0, 0.05) is 15.4 Å². The molecule has 0 spiro atoms. The molecule has 2 aromatic carbocycles. The molecule has 0 aliphatic rings. The van der Waals surface area contributed by atoms with Crippen molar-refractivity contribution in [1.29, 1.82) is 0 Å². The van der Waals surface area contributed by atoms with Gasteiger partial charge >= 0.3 is 5.97 Å². The van der Waals surface area contributed by atoms with E-state index in [1.165, 1.54) is 10.9 Å². The summed E-state index contributed by atoms with van der Waals surface area (Å²) in [5, 5.41) is 1.26. The highest BCUT2D eigenvalue weighted by atomic mass is 79.9. The number of ether oxygens (including phenoxy) is 1. The molecule has 0 atom stereocenters. The first-order valence-electron chi connectivity index (χ1n) is 8.40. The van der Waals surface area contributed by atoms with Crippen molar-refractivity contribution in [2.75, 3.05) is 6.61 Å². The second kappa shape index (κ2) is 7.00. The minimum Gasteiger partial charge on any atom is -0.460 e. The number of fused-ring (bicyclic) bond motifs is 2. The Morgan fingerprint density at radius 2 is 2.04 bits per heavy atom. The topological polar surface area (TPSA) is 74.3 Å². The Balaban J connectivity index is 1.89. The maximum Gasteiger partial charge on any atom is 0.374 e. The van der Waals surface area contributed by atoms with Gasteiger partial charge < -0.3 is 9.15 Å². The average molecular weight is 427 g/mol. The lowest BCUT2D eigenvalue weighted by Gasteiger charge is -2.07. The van der Waals surface area contributed by atoms with Crippen LogP contribution in [-0.2, 0) is 11.3 Å². The number of aromatic nitrogens is 2. The van der Waals surface area contributed by atoms with Gasteiger partial charge in [-0.15, -0.1) is 0 Å². The Kier molecular flexibility index (Phi) is 4.53. The van der Waals surface area contributed by atoms with Crippen LogP contribution in [0.4, 0.5) is 0 Å². The largest absolute Gasteiger partial charge is 0.460 e. The third kappa shape index (κ3) is 3.14. The number of carbonyl (C=O) groups excluding carboxylic acids is 1. The van der Waals surface area contributed by atoms with Gasteiger partial charge in [-0.3, -0.25) is 9.36 Å². The number of nitrogens with zero attached hydrogens (tertiary/aromatic N) is 2. The highest BCUT2D eigenvalue weighted by Gasteiger charge is 2.22. The predicted octanol–water partition coefficient (Wildman–Crippen LogP) is 4.13. The zero-order valence-corrected chi connectivity index (χ0v) is 16.0. The highest BCUT2D eigenvalue weighted by Crippen LogP contribution is 2.30. The van der Waals surface area contributed by atoms with E-state index in [1.807, 2.05) is 18.2 Å². The van der Waals surface area contributed by atoms with Crippen molar-refractivity contribution in [2.24, 2.45) is 0 Å². The third-order valence-electron chi connectivity index (χ3n) is 4.27. The Labute approximate surface area is 162 Å². The van der Waals surface area contributed by atoms with Crippen molar-refractivity contribution < 1.29 is 13.9 Å². The van der Waals surface area contributed by atoms with E-state index in [9.17, 15) is 9.59 Å². The lowest BCUT2D eigenvalue weighted by molar-refractivity contribution is 0.0490. The minimum atomic E-state index is -0.554. The fourth-order valence-corrected chi connectivity index (χ4v) is 3.39. The Bertz CT molecular complexity index is 1230. The summed E-state index contributed by atoms with van der Waals surface area (Å²) in [6, 6.07) is 12.6. The van der Waals surface area contributed by atoms with Gasteiger partial charge in [-0.2, -0.15) is 0 Å². The summed E-state index contributed by atoms with van der Waals surface area (Å²) in [5.74, 6) is -0.452. The molecule has 4 rings (SSSR count). The Morgan fingerprint density at radius 1 is 1.22 bits per heavy atom. The zero-order chi connectivity index (χ0) is 19.0. The van der Waals surface area contributed by atoms with Crippen LogP contribution in [0.5, 0.6) is 0 Å². The van der Waals surface area contributed by atoms with Gasteiger partial charge in [0.25, 0.3) is 5.56 Å². The highest BCUT2D eigenvalue weighted by molar-refractivity contribution is 9.10. The van der Waals surface area contributed by atoms with Gasteiger partial charge in [0.15, 0.2) is 0 Å². The van der Waals surface area contributed by atoms with Gasteiger partial charge in [-0.25, -0.2) is 9.78 Å². The van der Waals surface area contributed by atoms with Crippen LogP contribution >= 0.6 is 15.9 Å². The van der Waals surface area contributed by atoms with E-state index in [2.05, 4.69) is 20.9 Å². The maximum absolute atomic E-state index is 12.8. The molecule has 6 nitrogen and oxygen atoms in total. The standard InChI is InChI=1S/C20H15BrN2O4/c1-2-26-20(25)18-15(14-9-12(21)7-8-17(14)27-18)10-23-11-22-16-6-4-3-5-13(16)19(23)24/h3-9,11H,2,10H2,1H3. The predicted molar refractivity (Wildman–Crippen MR) is 105 cm³/mol. The third-order valence-corrected chi connectivity index (χ3v) is 4.77. The van der Waals surface area contributed by atoms with E-state index in [0.717, 1.165) is 9.86 Å². The smallest absolute Gasteiger partial charge is 0.374 e. The van der Waals surface area contributed by atoms with E-state index in [1.54, 1.807) is 31.2 Å². The quantitative estimate of drug-likeness (QED) is 0.458. The molecule has 0 aliphatic carbocycles. The summed E-state index contributed by atoms with van der Waals surface area (Å²) < 4.78 is 13.2. The van der Waals surface area contributed by atoms with Crippen LogP contribution in [0.3, 0.4) is 0 Å². The van der Waals surface area contributed by atoms with Crippen LogP contribution < -0.4 is 5.56 Å². The number of hydrogen-bond donors (Lipinski definition) is 0. The van der Waals surface area contributed by atoms with Gasteiger partial charge in [0.2, 0.25) is 5.76 Å². The first-order valence-corrected chi connectivity index (χ1v) is 9.20. The molecule has 0 radical (unpaired) electrons. The Hall–Kier alpha value is -2.93. The van der Waals surface area contributed by atoms with Crippen molar-refractivity contribution >= 4 is 43.8 Å². The van der Waals surface area contributed by atoms with Crippen LogP contribution in [0.2, 0.25) is 0 Å². The number of furan rings is 1. The summed E-state index contributed by atoms with van der Waals surface area (Å²) >= 11 is 3.44. The lowest BCUT2D eigenvalue weighted by atomic mass is 10.1. The second-order valence-corrected chi connectivity index (χ2v) is 6.88. The number of para-hydroxylation sites is 1. The number of benzene rings is 2. The molecule has 0 unspecified atom stereocenters. The van der Waals surface area contributed by atoms with Crippen molar-refractivity contribution in [3.05, 3.63) is 74.9 Å². The van der Waals surface area contributed by atoms with E-state index in [4.69, 9.17) is 9.15 Å². The van der Waals surface area contributed by atoms with Crippen molar-refractivity contribution in [3.8, 4) is 0 Å². The second-order valence-electron chi connectivity index (χ2n) is 5.97. The summed E-state index contributed by atoms with van der Waals surface area (Å²) in [7, 11) is 0. The van der Waals surface area contributed by atoms with Gasteiger partial charge in [-0.1, -0.05) is 28.1 Å². The van der Waals surface area contributed by atoms with Crippen LogP contribution in [-0.4, -0.2) is 22.1 Å². The molecule has 0 bridgehead atoms. The normalized spacial score (nSPS) is 11.2. The van der Waals surface area contributed by atoms with Crippen molar-refractivity contribution in [2.45, 2.75) is 13.5 Å². The number of rotatable bonds is 4. The molecule has 0 fully saturated rings. The van der Waals surface area contributed by atoms with Gasteiger partial charge in [0.05, 0.1) is 30.4 Å². The fraction of sp³-hybridized carbons (Fsp3) is 0.150. The Morgan fingerprint density at radius 3 is 2.85 bits per heavy atom. The fourth-order valence-electron chi connectivity index (χ4n) is 3.03. The van der Waals surface area contributed by atoms with Gasteiger partial charge in [-0.05, 0) is 37.3 Å². The van der Waals surface area contributed by atoms with Crippen LogP contribution in [0.15, 0.2) is 62.5 Å². The summed E-state index contributed by atoms with van der Waals surface area (Å²) in [6.07, 6.45) is 1.48. The molecule has 27 heavy (non-hydrogen) atoms. The molecule has 4 aromatic rings. The average Bonchev–Trinajstić information content (AvgIpc) is 3.02. The first kappa shape index (κ1) is 17.5. The molecule has 2 heterocycles. The first-order chi connectivity index (χ1) is 13.1. The molecule has 0 amide bonds. The maximum atomic E-state index is 12.8. The van der Waals surface area contributed by atoms with Crippen LogP contribution in [0, 0.1) is 0 Å². The number of hydrogen-bond acceptors (Lipinski definition) is 5. The number of halogens is 1. The SMILES string of the molecule is CCOC(=O)c1oc2ccc(Br)cc2c1Cn1cnc2ccccc2c1=O. The summed E-state index contributed by atoms with van der Waals surface area (Å²) in [4.78, 5) is 29.5. The van der Waals surface area contributed by atoms with Crippen molar-refractivity contribution in [1.82, 2.24) is 9.55 Å². The zero-order valence-electron chi connectivity index (χ0n) is 14.4. The molecule has 0 saturated carbocycles. The van der Waals surface area contributed by atoms with E-state index >= 15 is 0 Å². The van der Waals surface area contributed by atoms with E-state index < -0.39 is 5.97 Å². The molecular weight excluding hydrogens is 412 g/mol. The van der Waals surface area contributed by atoms with E-state index in [0.29, 0.717) is 22.0 Å². The number of esters is 1. The minimum absolute atomic E-state index is 0.102. The molecule has 0 aliphatic heterocycles. The summed E-state index contributed by atoms with van der Waals surface area (Å²) in [6.45, 7) is 2.11. The van der Waals surface area contributed by atoms with Crippen LogP contribution in [0.25, 0.3) is 21.9 Å². The molecular formula is C20H15BrN2O4. The summed E-state index contributed by atoms with van der Waals surface area (Å²) in [5.41, 5.74) is 1.59. The molecule has 136 valence electrons. The molecule has 0 saturated heterocycles. The van der Waals surface area contributed by atoms with E-state index in [-0.39, 0.29) is 24.5 Å².